The molecule has 0 aliphatic carbocycles. The van der Waals surface area contributed by atoms with Gasteiger partial charge in [0.2, 0.25) is 0 Å². The van der Waals surface area contributed by atoms with Gasteiger partial charge in [-0.25, -0.2) is 4.98 Å². The summed E-state index contributed by atoms with van der Waals surface area (Å²) in [7, 11) is 0. The van der Waals surface area contributed by atoms with Crippen molar-refractivity contribution in [3.63, 3.8) is 0 Å². The first-order chi connectivity index (χ1) is 11.9. The molecule has 0 atom stereocenters. The number of benzene rings is 1. The molecule has 0 saturated carbocycles. The third-order valence-electron chi connectivity index (χ3n) is 3.37. The first kappa shape index (κ1) is 17.7. The minimum atomic E-state index is -0.511. The number of rotatable bonds is 5. The number of nitrogens with one attached hydrogen (secondary N) is 1. The lowest BCUT2D eigenvalue weighted by atomic mass is 10.1. The number of aromatic nitrogens is 1. The molecule has 0 radical (unpaired) electrons. The van der Waals surface area contributed by atoms with Crippen LogP contribution in [0.3, 0.4) is 0 Å². The summed E-state index contributed by atoms with van der Waals surface area (Å²) in [5, 5.41) is 13.8. The van der Waals surface area contributed by atoms with Gasteiger partial charge in [0.05, 0.1) is 9.80 Å². The average molecular weight is 438 g/mol. The Hall–Kier alpha value is -2.10. The van der Waals surface area contributed by atoms with Gasteiger partial charge in [-0.2, -0.15) is 0 Å². The van der Waals surface area contributed by atoms with Crippen LogP contribution in [0.1, 0.15) is 25.7 Å². The summed E-state index contributed by atoms with van der Waals surface area (Å²) in [6, 6.07) is 8.92. The van der Waals surface area contributed by atoms with Crippen LogP contribution in [0.15, 0.2) is 41.0 Å². The standard InChI is InChI=1S/C16H12BrN3O3S2/c1-9-6-10(2-3-12(9)17)7-11-8-18-16(24-11)19-15(21)13-4-5-14(25-13)20(22)23/h2-6,8H,7H2,1H3,(H,18,19,21). The Balaban J connectivity index is 1.67. The van der Waals surface area contributed by atoms with Crippen molar-refractivity contribution in [2.24, 2.45) is 0 Å². The molecular weight excluding hydrogens is 426 g/mol. The van der Waals surface area contributed by atoms with Gasteiger partial charge in [0.15, 0.2) is 5.13 Å². The molecule has 2 heterocycles. The van der Waals surface area contributed by atoms with Crippen LogP contribution in [0, 0.1) is 17.0 Å². The van der Waals surface area contributed by atoms with Crippen LogP contribution in [0.5, 0.6) is 0 Å². The largest absolute Gasteiger partial charge is 0.324 e. The number of halogens is 1. The zero-order valence-electron chi connectivity index (χ0n) is 13.0. The lowest BCUT2D eigenvalue weighted by Crippen LogP contribution is -2.09. The number of thiazole rings is 1. The summed E-state index contributed by atoms with van der Waals surface area (Å²) in [5.41, 5.74) is 2.32. The van der Waals surface area contributed by atoms with Gasteiger partial charge in [-0.1, -0.05) is 39.4 Å². The molecule has 1 aromatic carbocycles. The molecular formula is C16H12BrN3O3S2. The Labute approximate surface area is 159 Å². The van der Waals surface area contributed by atoms with Crippen LogP contribution in [0.2, 0.25) is 0 Å². The molecule has 3 rings (SSSR count). The molecule has 25 heavy (non-hydrogen) atoms. The second-order valence-corrected chi connectivity index (χ2v) is 8.27. The summed E-state index contributed by atoms with van der Waals surface area (Å²) in [6.07, 6.45) is 2.46. The van der Waals surface area contributed by atoms with E-state index in [1.807, 2.05) is 19.1 Å². The maximum atomic E-state index is 12.1. The van der Waals surface area contributed by atoms with E-state index in [4.69, 9.17) is 0 Å². The van der Waals surface area contributed by atoms with Gasteiger partial charge < -0.3 is 0 Å². The highest BCUT2D eigenvalue weighted by atomic mass is 79.9. The predicted molar refractivity (Wildman–Crippen MR) is 103 cm³/mol. The van der Waals surface area contributed by atoms with Crippen LogP contribution < -0.4 is 5.32 Å². The highest BCUT2D eigenvalue weighted by Crippen LogP contribution is 2.27. The van der Waals surface area contributed by atoms with E-state index in [2.05, 4.69) is 32.3 Å². The molecule has 128 valence electrons. The van der Waals surface area contributed by atoms with Gasteiger partial charge in [0.25, 0.3) is 5.91 Å². The maximum absolute atomic E-state index is 12.1. The molecule has 2 aromatic heterocycles. The fourth-order valence-corrected chi connectivity index (χ4v) is 3.98. The van der Waals surface area contributed by atoms with Gasteiger partial charge in [-0.15, -0.1) is 11.3 Å². The van der Waals surface area contributed by atoms with E-state index in [9.17, 15) is 14.9 Å². The number of carbonyl (C=O) groups excluding carboxylic acids is 1. The number of hydrogen-bond acceptors (Lipinski definition) is 6. The SMILES string of the molecule is Cc1cc(Cc2cnc(NC(=O)c3ccc([N+](=O)[O-])s3)s2)ccc1Br. The highest BCUT2D eigenvalue weighted by molar-refractivity contribution is 9.10. The molecule has 0 saturated heterocycles. The molecule has 0 unspecified atom stereocenters. The average Bonchev–Trinajstić information content (AvgIpc) is 3.20. The van der Waals surface area contributed by atoms with Crippen LogP contribution in [0.4, 0.5) is 10.1 Å². The molecule has 0 spiro atoms. The zero-order valence-corrected chi connectivity index (χ0v) is 16.2. The molecule has 6 nitrogen and oxygen atoms in total. The summed E-state index contributed by atoms with van der Waals surface area (Å²) >= 11 is 5.71. The summed E-state index contributed by atoms with van der Waals surface area (Å²) < 4.78 is 1.07. The molecule has 0 aliphatic heterocycles. The van der Waals surface area contributed by atoms with E-state index < -0.39 is 10.8 Å². The Bertz CT molecular complexity index is 952. The Kier molecular flexibility index (Phi) is 5.26. The quantitative estimate of drug-likeness (QED) is 0.448. The summed E-state index contributed by atoms with van der Waals surface area (Å²) in [6.45, 7) is 2.03. The van der Waals surface area contributed by atoms with E-state index in [0.717, 1.165) is 38.2 Å². The van der Waals surface area contributed by atoms with Crippen LogP contribution >= 0.6 is 38.6 Å². The van der Waals surface area contributed by atoms with E-state index in [1.165, 1.54) is 23.5 Å². The molecule has 1 N–H and O–H groups in total. The number of hydrogen-bond donors (Lipinski definition) is 1. The maximum Gasteiger partial charge on any atom is 0.324 e. The van der Waals surface area contributed by atoms with Crippen LogP contribution in [0.25, 0.3) is 0 Å². The Morgan fingerprint density at radius 3 is 2.80 bits per heavy atom. The zero-order chi connectivity index (χ0) is 18.0. The van der Waals surface area contributed by atoms with Crippen molar-refractivity contribution in [3.8, 4) is 0 Å². The van der Waals surface area contributed by atoms with Crippen molar-refractivity contribution in [1.29, 1.82) is 0 Å². The van der Waals surface area contributed by atoms with E-state index >= 15 is 0 Å². The first-order valence-corrected chi connectivity index (χ1v) is 9.60. The monoisotopic (exact) mass is 437 g/mol. The lowest BCUT2D eigenvalue weighted by Gasteiger charge is -2.02. The number of thiophene rings is 1. The van der Waals surface area contributed by atoms with Crippen molar-refractivity contribution in [2.45, 2.75) is 13.3 Å². The fraction of sp³-hybridized carbons (Fsp3) is 0.125. The third-order valence-corrected chi connectivity index (χ3v) is 6.21. The van der Waals surface area contributed by atoms with E-state index in [-0.39, 0.29) is 9.88 Å². The molecule has 0 bridgehead atoms. The van der Waals surface area contributed by atoms with E-state index in [1.54, 1.807) is 6.20 Å². The van der Waals surface area contributed by atoms with Crippen molar-refractivity contribution in [1.82, 2.24) is 4.98 Å². The van der Waals surface area contributed by atoms with Crippen LogP contribution in [-0.4, -0.2) is 15.8 Å². The summed E-state index contributed by atoms with van der Waals surface area (Å²) in [4.78, 5) is 27.8. The van der Waals surface area contributed by atoms with Crippen LogP contribution in [-0.2, 0) is 6.42 Å². The van der Waals surface area contributed by atoms with E-state index in [0.29, 0.717) is 5.13 Å². The second-order valence-electron chi connectivity index (χ2n) is 5.24. The lowest BCUT2D eigenvalue weighted by molar-refractivity contribution is -0.380. The molecule has 1 amide bonds. The van der Waals surface area contributed by atoms with Crippen molar-refractivity contribution >= 4 is 54.6 Å². The van der Waals surface area contributed by atoms with Gasteiger partial charge >= 0.3 is 5.00 Å². The second kappa shape index (κ2) is 7.42. The number of nitro groups is 1. The molecule has 9 heteroatoms. The van der Waals surface area contributed by atoms with Crippen molar-refractivity contribution in [2.75, 3.05) is 5.32 Å². The Morgan fingerprint density at radius 1 is 1.32 bits per heavy atom. The number of nitrogens with zero attached hydrogens (tertiary/aromatic N) is 2. The number of carbonyl (C=O) groups is 1. The minimum absolute atomic E-state index is 0.0596. The normalized spacial score (nSPS) is 10.6. The minimum Gasteiger partial charge on any atom is -0.297 e. The third kappa shape index (κ3) is 4.30. The topological polar surface area (TPSA) is 85.1 Å². The number of amides is 1. The van der Waals surface area contributed by atoms with Gasteiger partial charge in [0.1, 0.15) is 0 Å². The van der Waals surface area contributed by atoms with Gasteiger partial charge in [-0.05, 0) is 30.2 Å². The number of aryl methyl sites for hydroxylation is 1. The summed E-state index contributed by atoms with van der Waals surface area (Å²) in [5.74, 6) is -0.390. The highest BCUT2D eigenvalue weighted by Gasteiger charge is 2.16. The first-order valence-electron chi connectivity index (χ1n) is 7.17. The fourth-order valence-electron chi connectivity index (χ4n) is 2.17. The van der Waals surface area contributed by atoms with Crippen molar-refractivity contribution in [3.05, 3.63) is 72.0 Å². The smallest absolute Gasteiger partial charge is 0.297 e. The molecule has 0 aliphatic rings. The van der Waals surface area contributed by atoms with Crippen molar-refractivity contribution < 1.29 is 9.72 Å². The predicted octanol–water partition coefficient (Wildman–Crippen LogP) is 5.03. The van der Waals surface area contributed by atoms with Gasteiger partial charge in [-0.3, -0.25) is 20.2 Å². The molecule has 3 aromatic rings. The Morgan fingerprint density at radius 2 is 2.12 bits per heavy atom. The van der Waals surface area contributed by atoms with Gasteiger partial charge in [0, 0.05) is 28.0 Å². The molecule has 0 fully saturated rings. The number of anilines is 1.